The van der Waals surface area contributed by atoms with E-state index in [0.717, 1.165) is 11.8 Å². The lowest BCUT2D eigenvalue weighted by Crippen LogP contribution is -2.50. The van der Waals surface area contributed by atoms with Gasteiger partial charge in [-0.1, -0.05) is 30.3 Å². The van der Waals surface area contributed by atoms with Crippen LogP contribution >= 0.6 is 23.2 Å². The van der Waals surface area contributed by atoms with Gasteiger partial charge in [-0.2, -0.15) is 0 Å². The second-order valence-electron chi connectivity index (χ2n) is 6.59. The van der Waals surface area contributed by atoms with Gasteiger partial charge in [0.15, 0.2) is 0 Å². The average molecular weight is 472 g/mol. The van der Waals surface area contributed by atoms with Crippen molar-refractivity contribution in [3.05, 3.63) is 62.9 Å². The number of carboxylic acid groups (broad SMARTS) is 1. The quantitative estimate of drug-likeness (QED) is 0.339. The van der Waals surface area contributed by atoms with Gasteiger partial charge in [-0.05, 0) is 12.0 Å². The summed E-state index contributed by atoms with van der Waals surface area (Å²) in [5, 5.41) is 11.9. The smallest absolute Gasteiger partial charge is 0.347 e. The molecule has 0 radical (unpaired) electrons. The maximum atomic E-state index is 12.5. The summed E-state index contributed by atoms with van der Waals surface area (Å²) >= 11 is 11.5. The maximum Gasteiger partial charge on any atom is 0.347 e. The molecule has 0 aliphatic carbocycles. The molecule has 0 saturated carbocycles. The van der Waals surface area contributed by atoms with Crippen molar-refractivity contribution in [3.8, 4) is 0 Å². The monoisotopic (exact) mass is 471 g/mol. The van der Waals surface area contributed by atoms with Gasteiger partial charge in [-0.25, -0.2) is 9.59 Å². The molecule has 168 valence electrons. The molecule has 0 aliphatic heterocycles. The van der Waals surface area contributed by atoms with Crippen LogP contribution < -0.4 is 27.2 Å². The van der Waals surface area contributed by atoms with Crippen molar-refractivity contribution < 1.29 is 14.7 Å². The highest BCUT2D eigenvalue weighted by atomic mass is 35.5. The molecule has 0 fully saturated rings. The van der Waals surface area contributed by atoms with Gasteiger partial charge in [-0.15, -0.1) is 23.2 Å². The molecule has 1 heterocycles. The summed E-state index contributed by atoms with van der Waals surface area (Å²) in [6.45, 7) is 0.475. The van der Waals surface area contributed by atoms with E-state index in [1.807, 2.05) is 6.07 Å². The van der Waals surface area contributed by atoms with E-state index in [2.05, 4.69) is 10.3 Å². The molecule has 2 rings (SSSR count). The normalized spacial score (nSPS) is 12.7. The molecule has 0 bridgehead atoms. The summed E-state index contributed by atoms with van der Waals surface area (Å²) in [7, 11) is 0. The second kappa shape index (κ2) is 11.5. The molecule has 2 aromatic rings. The van der Waals surface area contributed by atoms with E-state index in [1.165, 1.54) is 4.90 Å². The number of carbonyl (C=O) groups excluding carboxylic acids is 1. The van der Waals surface area contributed by atoms with Crippen LogP contribution in [-0.4, -0.2) is 57.4 Å². The number of nitrogens with one attached hydrogen (secondary N) is 2. The summed E-state index contributed by atoms with van der Waals surface area (Å²) in [4.78, 5) is 52.5. The Morgan fingerprint density at radius 3 is 2.32 bits per heavy atom. The van der Waals surface area contributed by atoms with Crippen LogP contribution in [0.1, 0.15) is 11.7 Å². The number of carboxylic acids is 1. The van der Waals surface area contributed by atoms with Gasteiger partial charge in [0.2, 0.25) is 12.1 Å². The third-order valence-electron chi connectivity index (χ3n) is 4.42. The lowest BCUT2D eigenvalue weighted by atomic mass is 10.1. The molecule has 1 aromatic carbocycles. The first kappa shape index (κ1) is 24.4. The Morgan fingerprint density at radius 2 is 1.77 bits per heavy atom. The Kier molecular flexibility index (Phi) is 9.10. The van der Waals surface area contributed by atoms with Gasteiger partial charge >= 0.3 is 11.7 Å². The first-order chi connectivity index (χ1) is 14.8. The summed E-state index contributed by atoms with van der Waals surface area (Å²) in [6.07, 6.45) is -0.558. The van der Waals surface area contributed by atoms with E-state index in [4.69, 9.17) is 28.9 Å². The molecule has 0 aliphatic rings. The van der Waals surface area contributed by atoms with Crippen LogP contribution in [0.4, 0.5) is 5.69 Å². The van der Waals surface area contributed by atoms with Crippen molar-refractivity contribution in [2.75, 3.05) is 29.7 Å². The predicted molar refractivity (Wildman–Crippen MR) is 118 cm³/mol. The molecular formula is C19H23Cl2N5O5. The second-order valence-corrected chi connectivity index (χ2v) is 7.35. The van der Waals surface area contributed by atoms with E-state index < -0.39 is 35.3 Å². The van der Waals surface area contributed by atoms with Crippen LogP contribution in [0, 0.1) is 0 Å². The van der Waals surface area contributed by atoms with Crippen molar-refractivity contribution >= 4 is 40.8 Å². The highest BCUT2D eigenvalue weighted by molar-refractivity contribution is 6.18. The Balaban J connectivity index is 2.32. The van der Waals surface area contributed by atoms with E-state index >= 15 is 0 Å². The zero-order valence-electron chi connectivity index (χ0n) is 16.5. The Bertz CT molecular complexity index is 1000. The van der Waals surface area contributed by atoms with Gasteiger partial charge < -0.3 is 21.1 Å². The Hall–Kier alpha value is -2.82. The molecule has 5 N–H and O–H groups in total. The number of rotatable bonds is 11. The van der Waals surface area contributed by atoms with Crippen molar-refractivity contribution in [1.29, 1.82) is 0 Å². The lowest BCUT2D eigenvalue weighted by molar-refractivity contribution is -0.144. The van der Waals surface area contributed by atoms with Gasteiger partial charge in [0, 0.05) is 31.0 Å². The number of nitrogens with two attached hydrogens (primary N) is 1. The number of amides is 1. The number of aromatic amines is 1. The van der Waals surface area contributed by atoms with Crippen LogP contribution in [0.25, 0.3) is 0 Å². The summed E-state index contributed by atoms with van der Waals surface area (Å²) in [5.74, 6) is -1.94. The van der Waals surface area contributed by atoms with Crippen molar-refractivity contribution in [2.24, 2.45) is 5.73 Å². The highest BCUT2D eigenvalue weighted by Crippen LogP contribution is 2.10. The largest absolute Gasteiger partial charge is 0.478 e. The molecule has 0 spiro atoms. The predicted octanol–water partition coefficient (Wildman–Crippen LogP) is 0.0900. The van der Waals surface area contributed by atoms with Crippen LogP contribution in [0.15, 0.2) is 46.1 Å². The van der Waals surface area contributed by atoms with Crippen LogP contribution in [0.2, 0.25) is 0 Å². The first-order valence-corrected chi connectivity index (χ1v) is 10.4. The number of carbonyl (C=O) groups is 2. The van der Waals surface area contributed by atoms with Gasteiger partial charge in [0.05, 0.1) is 6.04 Å². The van der Waals surface area contributed by atoms with Crippen LogP contribution in [-0.2, 0) is 16.0 Å². The summed E-state index contributed by atoms with van der Waals surface area (Å²) in [6, 6.07) is 7.90. The number of nitrogens with zero attached hydrogens (tertiary/aromatic N) is 2. The topological polar surface area (TPSA) is 151 Å². The van der Waals surface area contributed by atoms with Crippen molar-refractivity contribution in [2.45, 2.75) is 18.6 Å². The fraction of sp³-hybridized carbons (Fsp3) is 0.368. The molecule has 0 saturated heterocycles. The van der Waals surface area contributed by atoms with E-state index in [9.17, 15) is 24.3 Å². The molecule has 12 heteroatoms. The number of aromatic nitrogens is 2. The standard InChI is InChI=1S/C19H23Cl2N5O5/c20-6-8-25(9-7-21)14-11-26(19(31)24-17(14)28)15(18(29)30)23-16(27)13(22)10-12-4-2-1-3-5-12/h1-5,11,13,15H,6-10,22H2,(H,23,27)(H,29,30)(H,24,28,31)/t13-,15?/m0/s1. The van der Waals surface area contributed by atoms with Crippen LogP contribution in [0.3, 0.4) is 0 Å². The zero-order chi connectivity index (χ0) is 23.0. The fourth-order valence-corrected chi connectivity index (χ4v) is 3.31. The van der Waals surface area contributed by atoms with E-state index in [-0.39, 0.29) is 37.0 Å². The average Bonchev–Trinajstić information content (AvgIpc) is 2.73. The van der Waals surface area contributed by atoms with Gasteiger partial charge in [0.25, 0.3) is 5.56 Å². The molecule has 1 unspecified atom stereocenters. The number of H-pyrrole nitrogens is 1. The summed E-state index contributed by atoms with van der Waals surface area (Å²) < 4.78 is 0.710. The third kappa shape index (κ3) is 6.58. The van der Waals surface area contributed by atoms with Gasteiger partial charge in [0.1, 0.15) is 5.69 Å². The molecule has 1 amide bonds. The molecule has 10 nitrogen and oxygen atoms in total. The number of anilines is 1. The highest BCUT2D eigenvalue weighted by Gasteiger charge is 2.27. The number of alkyl halides is 2. The lowest BCUT2D eigenvalue weighted by Gasteiger charge is -2.24. The minimum atomic E-state index is -1.79. The van der Waals surface area contributed by atoms with E-state index in [0.29, 0.717) is 4.57 Å². The minimum Gasteiger partial charge on any atom is -0.478 e. The van der Waals surface area contributed by atoms with Crippen LogP contribution in [0.5, 0.6) is 0 Å². The zero-order valence-corrected chi connectivity index (χ0v) is 18.0. The Morgan fingerprint density at radius 1 is 1.16 bits per heavy atom. The maximum absolute atomic E-state index is 12.5. The number of hydrogen-bond acceptors (Lipinski definition) is 6. The van der Waals surface area contributed by atoms with E-state index in [1.54, 1.807) is 24.3 Å². The molecule has 2 atom stereocenters. The molecule has 1 aromatic heterocycles. The number of halogens is 2. The third-order valence-corrected chi connectivity index (χ3v) is 4.76. The molecule has 31 heavy (non-hydrogen) atoms. The van der Waals surface area contributed by atoms with Crippen molar-refractivity contribution in [3.63, 3.8) is 0 Å². The van der Waals surface area contributed by atoms with Gasteiger partial charge in [-0.3, -0.25) is 19.1 Å². The van der Waals surface area contributed by atoms with Crippen molar-refractivity contribution in [1.82, 2.24) is 14.9 Å². The number of aliphatic carboxylic acids is 1. The fourth-order valence-electron chi connectivity index (χ4n) is 2.90. The number of benzene rings is 1. The summed E-state index contributed by atoms with van der Waals surface area (Å²) in [5.41, 5.74) is 4.96. The minimum absolute atomic E-state index is 0.00465. The molecular weight excluding hydrogens is 449 g/mol. The SMILES string of the molecule is N[C@@H](Cc1ccccc1)C(=O)NC(C(=O)O)n1cc(N(CCCl)CCCl)c(=O)[nH]c1=O. The first-order valence-electron chi connectivity index (χ1n) is 9.33. The number of hydrogen-bond donors (Lipinski definition) is 4. The Labute approximate surface area is 187 Å².